The van der Waals surface area contributed by atoms with Crippen molar-refractivity contribution in [2.24, 2.45) is 0 Å². The number of likely N-dealkylation sites (N-methyl/N-ethyl adjacent to an activating group) is 1. The molecule has 3 atom stereocenters. The molecule has 106 valence electrons. The number of morpholine rings is 1. The van der Waals surface area contributed by atoms with Crippen LogP contribution in [0.15, 0.2) is 24.4 Å². The summed E-state index contributed by atoms with van der Waals surface area (Å²) in [5.41, 5.74) is 4.05. The van der Waals surface area contributed by atoms with Gasteiger partial charge in [-0.05, 0) is 36.9 Å². The molecule has 1 unspecified atom stereocenters. The number of H-pyrrole nitrogens is 1. The second-order valence-electron chi connectivity index (χ2n) is 5.93. The topological polar surface area (TPSA) is 28.3 Å². The molecule has 1 fully saturated rings. The number of aromatic amines is 1. The maximum absolute atomic E-state index is 6.44. The molecule has 2 aliphatic rings. The van der Waals surface area contributed by atoms with Crippen LogP contribution in [0.1, 0.15) is 17.2 Å². The van der Waals surface area contributed by atoms with Crippen molar-refractivity contribution in [1.29, 1.82) is 0 Å². The Kier molecular flexibility index (Phi) is 3.05. The zero-order valence-electron chi connectivity index (χ0n) is 11.9. The minimum absolute atomic E-state index is 0.220. The van der Waals surface area contributed by atoms with Gasteiger partial charge in [-0.25, -0.2) is 0 Å². The van der Waals surface area contributed by atoms with Crippen LogP contribution in [-0.2, 0) is 11.2 Å². The summed E-state index contributed by atoms with van der Waals surface area (Å²) in [5, 5.41) is 1.40. The molecule has 1 saturated heterocycles. The second-order valence-corrected chi connectivity index (χ2v) is 6.84. The van der Waals surface area contributed by atoms with E-state index in [1.807, 2.05) is 11.8 Å². The molecule has 3 nitrogen and oxygen atoms in total. The lowest BCUT2D eigenvalue weighted by Gasteiger charge is -2.45. The standard InChI is InChI=1S/C16H20N2OS/c1-18-8-11(9-20-2)19-16-12-4-3-5-13-15(12)10(7-17-13)6-14(16)18/h3-5,7,11,14,16-17H,6,8-9H2,1-2H3/t11?,14-,16-/m0/s1. The average Bonchev–Trinajstić information content (AvgIpc) is 2.86. The van der Waals surface area contributed by atoms with E-state index < -0.39 is 0 Å². The number of hydrogen-bond donors (Lipinski definition) is 1. The Balaban J connectivity index is 1.79. The van der Waals surface area contributed by atoms with E-state index in [0.29, 0.717) is 12.1 Å². The number of ether oxygens (including phenoxy) is 1. The van der Waals surface area contributed by atoms with E-state index in [1.165, 1.54) is 22.0 Å². The van der Waals surface area contributed by atoms with Gasteiger partial charge in [-0.15, -0.1) is 0 Å². The van der Waals surface area contributed by atoms with Gasteiger partial charge in [-0.1, -0.05) is 12.1 Å². The van der Waals surface area contributed by atoms with Crippen molar-refractivity contribution >= 4 is 22.7 Å². The van der Waals surface area contributed by atoms with Gasteiger partial charge in [-0.2, -0.15) is 11.8 Å². The highest BCUT2D eigenvalue weighted by molar-refractivity contribution is 7.98. The fourth-order valence-electron chi connectivity index (χ4n) is 3.76. The molecule has 0 spiro atoms. The molecule has 20 heavy (non-hydrogen) atoms. The number of benzene rings is 1. The molecule has 0 radical (unpaired) electrons. The SMILES string of the molecule is CSCC1CN(C)[C@H]2Cc3c[nH]c4cccc(c34)[C@@H]2O1. The van der Waals surface area contributed by atoms with Crippen LogP contribution >= 0.6 is 11.8 Å². The fraction of sp³-hybridized carbons (Fsp3) is 0.500. The van der Waals surface area contributed by atoms with Gasteiger partial charge < -0.3 is 9.72 Å². The third-order valence-electron chi connectivity index (χ3n) is 4.65. The van der Waals surface area contributed by atoms with Crippen molar-refractivity contribution in [3.63, 3.8) is 0 Å². The molecule has 4 rings (SSSR count). The molecule has 4 heteroatoms. The Morgan fingerprint density at radius 3 is 3.20 bits per heavy atom. The van der Waals surface area contributed by atoms with E-state index in [0.717, 1.165) is 18.7 Å². The largest absolute Gasteiger partial charge is 0.366 e. The maximum atomic E-state index is 6.44. The molecule has 1 aliphatic carbocycles. The van der Waals surface area contributed by atoms with Crippen molar-refractivity contribution in [3.05, 3.63) is 35.5 Å². The summed E-state index contributed by atoms with van der Waals surface area (Å²) in [6, 6.07) is 7.02. The first-order valence-electron chi connectivity index (χ1n) is 7.21. The third-order valence-corrected chi connectivity index (χ3v) is 5.36. The van der Waals surface area contributed by atoms with Crippen molar-refractivity contribution in [2.45, 2.75) is 24.7 Å². The van der Waals surface area contributed by atoms with E-state index in [2.05, 4.69) is 47.6 Å². The molecule has 2 aromatic rings. The van der Waals surface area contributed by atoms with Crippen LogP contribution in [0.2, 0.25) is 0 Å². The van der Waals surface area contributed by atoms with Crippen molar-refractivity contribution in [2.75, 3.05) is 25.6 Å². The third kappa shape index (κ3) is 1.82. The molecule has 1 aromatic heterocycles. The molecule has 1 N–H and O–H groups in total. The molecule has 0 saturated carbocycles. The lowest BCUT2D eigenvalue weighted by molar-refractivity contribution is -0.106. The Morgan fingerprint density at radius 2 is 2.35 bits per heavy atom. The highest BCUT2D eigenvalue weighted by Gasteiger charge is 2.39. The van der Waals surface area contributed by atoms with E-state index in [1.54, 1.807) is 0 Å². The summed E-state index contributed by atoms with van der Waals surface area (Å²) < 4.78 is 6.44. The Hall–Kier alpha value is -0.970. The van der Waals surface area contributed by atoms with E-state index >= 15 is 0 Å². The minimum Gasteiger partial charge on any atom is -0.366 e. The first kappa shape index (κ1) is 12.7. The first-order chi connectivity index (χ1) is 9.78. The quantitative estimate of drug-likeness (QED) is 0.921. The predicted molar refractivity (Wildman–Crippen MR) is 84.4 cm³/mol. The number of thioether (sulfide) groups is 1. The highest BCUT2D eigenvalue weighted by Crippen LogP contribution is 2.42. The zero-order chi connectivity index (χ0) is 13.7. The molecular weight excluding hydrogens is 268 g/mol. The van der Waals surface area contributed by atoms with Crippen LogP contribution in [0.5, 0.6) is 0 Å². The molecule has 0 amide bonds. The number of fused-ring (bicyclic) bond motifs is 2. The lowest BCUT2D eigenvalue weighted by atomic mass is 9.85. The first-order valence-corrected chi connectivity index (χ1v) is 8.61. The Labute approximate surface area is 123 Å². The maximum Gasteiger partial charge on any atom is 0.0994 e. The van der Waals surface area contributed by atoms with Gasteiger partial charge in [0.1, 0.15) is 0 Å². The number of aromatic nitrogens is 1. The van der Waals surface area contributed by atoms with Gasteiger partial charge in [0.15, 0.2) is 0 Å². The average molecular weight is 288 g/mol. The van der Waals surface area contributed by atoms with Gasteiger partial charge in [-0.3, -0.25) is 4.90 Å². The summed E-state index contributed by atoms with van der Waals surface area (Å²) in [6.45, 7) is 1.04. The second kappa shape index (κ2) is 4.79. The number of hydrogen-bond acceptors (Lipinski definition) is 3. The summed E-state index contributed by atoms with van der Waals surface area (Å²) in [6.07, 6.45) is 5.97. The van der Waals surface area contributed by atoms with Gasteiger partial charge >= 0.3 is 0 Å². The van der Waals surface area contributed by atoms with Crippen molar-refractivity contribution < 1.29 is 4.74 Å². The zero-order valence-corrected chi connectivity index (χ0v) is 12.7. The minimum atomic E-state index is 0.220. The molecule has 1 aliphatic heterocycles. The molecule has 2 heterocycles. The summed E-state index contributed by atoms with van der Waals surface area (Å²) in [5.74, 6) is 1.07. The number of nitrogens with zero attached hydrogens (tertiary/aromatic N) is 1. The summed E-state index contributed by atoms with van der Waals surface area (Å²) in [4.78, 5) is 5.89. The van der Waals surface area contributed by atoms with Crippen LogP contribution in [0.25, 0.3) is 10.9 Å². The highest BCUT2D eigenvalue weighted by atomic mass is 32.2. The summed E-state index contributed by atoms with van der Waals surface area (Å²) in [7, 11) is 2.24. The van der Waals surface area contributed by atoms with E-state index in [-0.39, 0.29) is 6.10 Å². The monoisotopic (exact) mass is 288 g/mol. The summed E-state index contributed by atoms with van der Waals surface area (Å²) >= 11 is 1.87. The van der Waals surface area contributed by atoms with Gasteiger partial charge in [0.2, 0.25) is 0 Å². The number of rotatable bonds is 2. The van der Waals surface area contributed by atoms with Crippen LogP contribution in [-0.4, -0.2) is 47.6 Å². The van der Waals surface area contributed by atoms with Crippen LogP contribution in [0.4, 0.5) is 0 Å². The normalized spacial score (nSPS) is 29.6. The van der Waals surface area contributed by atoms with Gasteiger partial charge in [0, 0.05) is 35.4 Å². The number of nitrogens with one attached hydrogen (secondary N) is 1. The van der Waals surface area contributed by atoms with Crippen LogP contribution in [0, 0.1) is 0 Å². The lowest BCUT2D eigenvalue weighted by Crippen LogP contribution is -2.51. The van der Waals surface area contributed by atoms with E-state index in [4.69, 9.17) is 4.74 Å². The smallest absolute Gasteiger partial charge is 0.0994 e. The molecular formula is C16H20N2OS. The van der Waals surface area contributed by atoms with Gasteiger partial charge in [0.25, 0.3) is 0 Å². The Morgan fingerprint density at radius 1 is 1.45 bits per heavy atom. The van der Waals surface area contributed by atoms with Crippen molar-refractivity contribution in [3.8, 4) is 0 Å². The molecule has 0 bridgehead atoms. The molecule has 1 aromatic carbocycles. The fourth-order valence-corrected chi connectivity index (χ4v) is 4.32. The Bertz CT molecular complexity index is 638. The van der Waals surface area contributed by atoms with Gasteiger partial charge in [0.05, 0.1) is 12.2 Å². The van der Waals surface area contributed by atoms with E-state index in [9.17, 15) is 0 Å². The van der Waals surface area contributed by atoms with Crippen LogP contribution < -0.4 is 0 Å². The van der Waals surface area contributed by atoms with Crippen LogP contribution in [0.3, 0.4) is 0 Å². The predicted octanol–water partition coefficient (Wildman–Crippen LogP) is 2.83. The van der Waals surface area contributed by atoms with Crippen molar-refractivity contribution in [1.82, 2.24) is 9.88 Å².